The second-order valence-electron chi connectivity index (χ2n) is 6.33. The molecule has 0 unspecified atom stereocenters. The number of carbonyl (C=O) groups is 1. The first kappa shape index (κ1) is 14.1. The van der Waals surface area contributed by atoms with E-state index in [2.05, 4.69) is 10.3 Å². The Morgan fingerprint density at radius 3 is 2.86 bits per heavy atom. The van der Waals surface area contributed by atoms with E-state index in [1.165, 1.54) is 0 Å². The van der Waals surface area contributed by atoms with Crippen LogP contribution in [0.15, 0.2) is 22.6 Å². The molecule has 1 heterocycles. The van der Waals surface area contributed by atoms with Gasteiger partial charge in [0, 0.05) is 23.6 Å². The molecule has 21 heavy (non-hydrogen) atoms. The van der Waals surface area contributed by atoms with Gasteiger partial charge in [-0.1, -0.05) is 13.8 Å². The highest BCUT2D eigenvalue weighted by Crippen LogP contribution is 2.32. The predicted molar refractivity (Wildman–Crippen MR) is 82.1 cm³/mol. The molecule has 5 nitrogen and oxygen atoms in total. The molecule has 1 aliphatic rings. The average molecular weight is 287 g/mol. The lowest BCUT2D eigenvalue weighted by Gasteiger charge is -2.37. The van der Waals surface area contributed by atoms with E-state index in [1.807, 2.05) is 32.0 Å². The predicted octanol–water partition coefficient (Wildman–Crippen LogP) is 3.16. The number of nitrogens with two attached hydrogens (primary N) is 1. The summed E-state index contributed by atoms with van der Waals surface area (Å²) in [4.78, 5) is 16.5. The van der Waals surface area contributed by atoms with Crippen molar-refractivity contribution in [1.82, 2.24) is 4.98 Å². The number of hydrogen-bond donors (Lipinski definition) is 2. The molecule has 112 valence electrons. The molecule has 5 heteroatoms. The Balaban J connectivity index is 1.73. The monoisotopic (exact) mass is 287 g/mol. The van der Waals surface area contributed by atoms with Crippen LogP contribution in [0.3, 0.4) is 0 Å². The smallest absolute Gasteiger partial charge is 0.226 e. The van der Waals surface area contributed by atoms with Crippen LogP contribution < -0.4 is 11.1 Å². The minimum atomic E-state index is -0.299. The van der Waals surface area contributed by atoms with Gasteiger partial charge < -0.3 is 15.5 Å². The van der Waals surface area contributed by atoms with Gasteiger partial charge in [-0.2, -0.15) is 0 Å². The number of fused-ring (bicyclic) bond motifs is 1. The number of rotatable bonds is 4. The van der Waals surface area contributed by atoms with E-state index in [9.17, 15) is 4.79 Å². The van der Waals surface area contributed by atoms with Crippen molar-refractivity contribution in [3.63, 3.8) is 0 Å². The van der Waals surface area contributed by atoms with Crippen LogP contribution in [0.2, 0.25) is 0 Å². The maximum absolute atomic E-state index is 12.0. The summed E-state index contributed by atoms with van der Waals surface area (Å²) in [6.07, 6.45) is 3.36. The van der Waals surface area contributed by atoms with Gasteiger partial charge in [0.15, 0.2) is 11.5 Å². The molecule has 0 saturated heterocycles. The number of nitrogens with zero attached hydrogens (tertiary/aromatic N) is 1. The molecule has 3 rings (SSSR count). The van der Waals surface area contributed by atoms with Gasteiger partial charge in [0.2, 0.25) is 5.91 Å². The van der Waals surface area contributed by atoms with E-state index in [0.717, 1.165) is 36.0 Å². The molecule has 1 aromatic heterocycles. The number of aromatic nitrogens is 1. The van der Waals surface area contributed by atoms with E-state index in [1.54, 1.807) is 0 Å². The summed E-state index contributed by atoms with van der Waals surface area (Å²) in [5, 5.41) is 2.90. The Bertz CT molecular complexity index is 671. The third kappa shape index (κ3) is 2.93. The van der Waals surface area contributed by atoms with Gasteiger partial charge in [-0.15, -0.1) is 0 Å². The van der Waals surface area contributed by atoms with Crippen molar-refractivity contribution in [2.45, 2.75) is 51.0 Å². The van der Waals surface area contributed by atoms with Crippen molar-refractivity contribution in [2.75, 3.05) is 5.32 Å². The highest BCUT2D eigenvalue weighted by atomic mass is 16.3. The number of hydrogen-bond acceptors (Lipinski definition) is 4. The third-order valence-electron chi connectivity index (χ3n) is 4.04. The standard InChI is InChI=1S/C16H21N3O2/c1-10(2)15-19-12-8-11(4-5-13(12)21-15)18-14(20)9-16(17)6-3-7-16/h4-5,8,10H,3,6-7,9,17H2,1-2H3,(H,18,20). The SMILES string of the molecule is CC(C)c1nc2cc(NC(=O)CC3(N)CCC3)ccc2o1. The lowest BCUT2D eigenvalue weighted by atomic mass is 9.75. The molecule has 0 spiro atoms. The van der Waals surface area contributed by atoms with Crippen LogP contribution in [-0.4, -0.2) is 16.4 Å². The number of carbonyl (C=O) groups excluding carboxylic acids is 1. The maximum atomic E-state index is 12.0. The first-order valence-electron chi connectivity index (χ1n) is 7.44. The van der Waals surface area contributed by atoms with Crippen LogP contribution in [0.5, 0.6) is 0 Å². The van der Waals surface area contributed by atoms with Crippen LogP contribution >= 0.6 is 0 Å². The lowest BCUT2D eigenvalue weighted by molar-refractivity contribution is -0.118. The van der Waals surface area contributed by atoms with E-state index in [0.29, 0.717) is 12.3 Å². The van der Waals surface area contributed by atoms with Gasteiger partial charge in [-0.25, -0.2) is 4.98 Å². The van der Waals surface area contributed by atoms with Crippen LogP contribution in [0.4, 0.5) is 5.69 Å². The fraction of sp³-hybridized carbons (Fsp3) is 0.500. The molecular formula is C16H21N3O2. The summed E-state index contributed by atoms with van der Waals surface area (Å²) in [5.41, 5.74) is 8.04. The summed E-state index contributed by atoms with van der Waals surface area (Å²) < 4.78 is 5.65. The zero-order chi connectivity index (χ0) is 15.0. The number of nitrogens with one attached hydrogen (secondary N) is 1. The first-order chi connectivity index (χ1) is 9.95. The third-order valence-corrected chi connectivity index (χ3v) is 4.04. The van der Waals surface area contributed by atoms with Crippen molar-refractivity contribution in [1.29, 1.82) is 0 Å². The summed E-state index contributed by atoms with van der Waals surface area (Å²) in [6.45, 7) is 4.07. The molecule has 2 aromatic rings. The average Bonchev–Trinajstić information content (AvgIpc) is 2.80. The normalized spacial score (nSPS) is 17.0. The second kappa shape index (κ2) is 5.15. The fourth-order valence-corrected chi connectivity index (χ4v) is 2.60. The maximum Gasteiger partial charge on any atom is 0.226 e. The number of benzene rings is 1. The second-order valence-corrected chi connectivity index (χ2v) is 6.33. The molecule has 1 aliphatic carbocycles. The molecule has 1 amide bonds. The van der Waals surface area contributed by atoms with Crippen LogP contribution in [0.25, 0.3) is 11.1 Å². The Kier molecular flexibility index (Phi) is 3.45. The van der Waals surface area contributed by atoms with E-state index < -0.39 is 0 Å². The van der Waals surface area contributed by atoms with Gasteiger partial charge in [-0.05, 0) is 37.5 Å². The Hall–Kier alpha value is -1.88. The van der Waals surface area contributed by atoms with Crippen LogP contribution in [-0.2, 0) is 4.79 Å². The van der Waals surface area contributed by atoms with E-state index in [4.69, 9.17) is 10.2 Å². The Morgan fingerprint density at radius 2 is 2.24 bits per heavy atom. The van der Waals surface area contributed by atoms with Crippen molar-refractivity contribution in [2.24, 2.45) is 5.73 Å². The summed E-state index contributed by atoms with van der Waals surface area (Å²) in [7, 11) is 0. The summed E-state index contributed by atoms with van der Waals surface area (Å²) in [5.74, 6) is 0.916. The van der Waals surface area contributed by atoms with Crippen molar-refractivity contribution in [3.05, 3.63) is 24.1 Å². The topological polar surface area (TPSA) is 81.2 Å². The molecule has 3 N–H and O–H groups in total. The molecule has 0 bridgehead atoms. The van der Waals surface area contributed by atoms with Gasteiger partial charge in [0.05, 0.1) is 0 Å². The molecule has 0 radical (unpaired) electrons. The Labute approximate surface area is 123 Å². The van der Waals surface area contributed by atoms with Crippen molar-refractivity contribution < 1.29 is 9.21 Å². The number of anilines is 1. The van der Waals surface area contributed by atoms with E-state index in [-0.39, 0.29) is 17.4 Å². The van der Waals surface area contributed by atoms with E-state index >= 15 is 0 Å². The van der Waals surface area contributed by atoms with Crippen LogP contribution in [0.1, 0.15) is 51.3 Å². The summed E-state index contributed by atoms with van der Waals surface area (Å²) >= 11 is 0. The molecule has 0 atom stereocenters. The minimum Gasteiger partial charge on any atom is -0.440 e. The van der Waals surface area contributed by atoms with Crippen molar-refractivity contribution in [3.8, 4) is 0 Å². The van der Waals surface area contributed by atoms with Gasteiger partial charge >= 0.3 is 0 Å². The van der Waals surface area contributed by atoms with Gasteiger partial charge in [0.1, 0.15) is 5.52 Å². The van der Waals surface area contributed by atoms with Crippen LogP contribution in [0, 0.1) is 0 Å². The zero-order valence-electron chi connectivity index (χ0n) is 12.5. The largest absolute Gasteiger partial charge is 0.440 e. The van der Waals surface area contributed by atoms with Gasteiger partial charge in [0.25, 0.3) is 0 Å². The number of oxazole rings is 1. The quantitative estimate of drug-likeness (QED) is 0.905. The van der Waals surface area contributed by atoms with Gasteiger partial charge in [-0.3, -0.25) is 4.79 Å². The highest BCUT2D eigenvalue weighted by molar-refractivity contribution is 5.93. The molecule has 1 aromatic carbocycles. The number of amides is 1. The molecule has 0 aliphatic heterocycles. The molecular weight excluding hydrogens is 266 g/mol. The first-order valence-corrected chi connectivity index (χ1v) is 7.44. The fourth-order valence-electron chi connectivity index (χ4n) is 2.60. The van der Waals surface area contributed by atoms with Crippen molar-refractivity contribution >= 4 is 22.7 Å². The lowest BCUT2D eigenvalue weighted by Crippen LogP contribution is -2.48. The zero-order valence-corrected chi connectivity index (χ0v) is 12.5. The summed E-state index contributed by atoms with van der Waals surface area (Å²) in [6, 6.07) is 5.51. The minimum absolute atomic E-state index is 0.0378. The highest BCUT2D eigenvalue weighted by Gasteiger charge is 2.34. The Morgan fingerprint density at radius 1 is 1.48 bits per heavy atom. The molecule has 1 fully saturated rings. The molecule has 1 saturated carbocycles.